The Kier molecular flexibility index (Phi) is 8.34. The van der Waals surface area contributed by atoms with E-state index in [0.29, 0.717) is 11.3 Å². The van der Waals surface area contributed by atoms with Gasteiger partial charge in [0.05, 0.1) is 35.4 Å². The molecule has 1 fully saturated rings. The number of benzene rings is 3. The van der Waals surface area contributed by atoms with Crippen molar-refractivity contribution in [2.75, 3.05) is 24.4 Å². The summed E-state index contributed by atoms with van der Waals surface area (Å²) in [5, 5.41) is 13.1. The van der Waals surface area contributed by atoms with Crippen molar-refractivity contribution < 1.29 is 32.2 Å². The molecule has 2 heterocycles. The number of anilines is 1. The number of hydrogen-bond donors (Lipinski definition) is 2. The summed E-state index contributed by atoms with van der Waals surface area (Å²) >= 11 is 0. The molecule has 0 aliphatic carbocycles. The normalized spacial score (nSPS) is 17.5. The number of hydrazine groups is 1. The second kappa shape index (κ2) is 12.0. The van der Waals surface area contributed by atoms with E-state index in [2.05, 4.69) is 4.98 Å². The van der Waals surface area contributed by atoms with Gasteiger partial charge in [0, 0.05) is 24.3 Å². The van der Waals surface area contributed by atoms with Crippen LogP contribution >= 0.6 is 0 Å². The van der Waals surface area contributed by atoms with Gasteiger partial charge in [-0.25, -0.2) is 18.7 Å². The summed E-state index contributed by atoms with van der Waals surface area (Å²) in [7, 11) is -2.46. The van der Waals surface area contributed by atoms with E-state index in [4.69, 9.17) is 10.6 Å². The van der Waals surface area contributed by atoms with Crippen LogP contribution in [0.3, 0.4) is 0 Å². The number of aromatic nitrogens is 1. The molecule has 1 amide bonds. The number of nitrogens with two attached hydrogens (primary N) is 1. The Morgan fingerprint density at radius 1 is 1.14 bits per heavy atom. The number of ether oxygens (including phenoxy) is 1. The van der Waals surface area contributed by atoms with Crippen LogP contribution in [0.4, 0.5) is 10.1 Å². The third-order valence-electron chi connectivity index (χ3n) is 7.88. The number of halogens is 1. The Morgan fingerprint density at radius 3 is 2.63 bits per heavy atom. The van der Waals surface area contributed by atoms with Crippen molar-refractivity contribution in [1.82, 2.24) is 9.88 Å². The largest absolute Gasteiger partial charge is 0.494 e. The first-order valence-electron chi connectivity index (χ1n) is 13.6. The van der Waals surface area contributed by atoms with E-state index >= 15 is 0 Å². The topological polar surface area (TPSA) is 143 Å². The predicted octanol–water partition coefficient (Wildman–Crippen LogP) is 4.27. The SMILES string of the molecule is CCS(=O)(=O)c1ccccc1C1C(C(=O)O)CCN1C(=O)[C@H](c1ccc(F)c(OC)c1)N(N)c1ccc2cnccc2c1. The van der Waals surface area contributed by atoms with Gasteiger partial charge in [0.15, 0.2) is 21.4 Å². The van der Waals surface area contributed by atoms with Crippen LogP contribution in [0.15, 0.2) is 84.0 Å². The summed E-state index contributed by atoms with van der Waals surface area (Å²) in [4.78, 5) is 32.5. The molecule has 1 aromatic heterocycles. The van der Waals surface area contributed by atoms with Crippen LogP contribution in [0.1, 0.15) is 36.6 Å². The molecule has 0 spiro atoms. The summed E-state index contributed by atoms with van der Waals surface area (Å²) in [5.74, 6) is 2.94. The van der Waals surface area contributed by atoms with Gasteiger partial charge in [-0.2, -0.15) is 0 Å². The van der Waals surface area contributed by atoms with Crippen LogP contribution in [0.2, 0.25) is 0 Å². The van der Waals surface area contributed by atoms with Gasteiger partial charge in [-0.3, -0.25) is 19.6 Å². The highest BCUT2D eigenvalue weighted by Gasteiger charge is 2.46. The van der Waals surface area contributed by atoms with Gasteiger partial charge >= 0.3 is 5.97 Å². The van der Waals surface area contributed by atoms with Gasteiger partial charge in [0.2, 0.25) is 0 Å². The van der Waals surface area contributed by atoms with E-state index in [0.717, 1.165) is 10.8 Å². The number of sulfone groups is 1. The highest BCUT2D eigenvalue weighted by Crippen LogP contribution is 2.43. The first kappa shape index (κ1) is 29.9. The molecule has 224 valence electrons. The maximum atomic E-state index is 14.6. The Morgan fingerprint density at radius 2 is 1.91 bits per heavy atom. The minimum atomic E-state index is -3.76. The minimum absolute atomic E-state index is 0.0267. The molecule has 1 aliphatic heterocycles. The summed E-state index contributed by atoms with van der Waals surface area (Å²) < 4.78 is 45.7. The van der Waals surface area contributed by atoms with Gasteiger partial charge in [0.25, 0.3) is 5.91 Å². The zero-order valence-corrected chi connectivity index (χ0v) is 24.4. The van der Waals surface area contributed by atoms with Crippen molar-refractivity contribution in [2.45, 2.75) is 30.3 Å². The fraction of sp³-hybridized carbons (Fsp3) is 0.258. The minimum Gasteiger partial charge on any atom is -0.494 e. The molecule has 0 saturated carbocycles. The third kappa shape index (κ3) is 5.63. The van der Waals surface area contributed by atoms with E-state index in [1.165, 1.54) is 48.2 Å². The molecule has 0 bridgehead atoms. The molecule has 1 saturated heterocycles. The van der Waals surface area contributed by atoms with E-state index in [1.807, 2.05) is 0 Å². The molecule has 3 atom stereocenters. The maximum Gasteiger partial charge on any atom is 0.309 e. The van der Waals surface area contributed by atoms with Crippen LogP contribution in [-0.4, -0.2) is 54.7 Å². The first-order valence-corrected chi connectivity index (χ1v) is 15.3. The number of carbonyl (C=O) groups is 2. The van der Waals surface area contributed by atoms with Crippen LogP contribution in [-0.2, 0) is 19.4 Å². The van der Waals surface area contributed by atoms with Crippen molar-refractivity contribution in [1.29, 1.82) is 0 Å². The van der Waals surface area contributed by atoms with E-state index in [1.54, 1.807) is 54.9 Å². The lowest BCUT2D eigenvalue weighted by Gasteiger charge is -2.36. The number of pyridine rings is 1. The van der Waals surface area contributed by atoms with Crippen LogP contribution in [0.5, 0.6) is 5.75 Å². The van der Waals surface area contributed by atoms with Gasteiger partial charge in [-0.05, 0) is 59.3 Å². The molecule has 0 radical (unpaired) electrons. The summed E-state index contributed by atoms with van der Waals surface area (Å²) in [6.45, 7) is 1.54. The molecule has 3 aromatic carbocycles. The average molecular weight is 607 g/mol. The first-order chi connectivity index (χ1) is 20.6. The summed E-state index contributed by atoms with van der Waals surface area (Å²) in [6.07, 6.45) is 3.42. The Labute approximate surface area is 248 Å². The number of fused-ring (bicyclic) bond motifs is 1. The second-order valence-electron chi connectivity index (χ2n) is 10.3. The van der Waals surface area contributed by atoms with Gasteiger partial charge in [-0.1, -0.05) is 37.3 Å². The fourth-order valence-electron chi connectivity index (χ4n) is 5.65. The van der Waals surface area contributed by atoms with Crippen molar-refractivity contribution >= 4 is 38.2 Å². The number of aliphatic carboxylic acids is 1. The highest BCUT2D eigenvalue weighted by molar-refractivity contribution is 7.91. The number of amides is 1. The molecule has 12 heteroatoms. The number of likely N-dealkylation sites (tertiary alicyclic amines) is 1. The molecule has 43 heavy (non-hydrogen) atoms. The Balaban J connectivity index is 1.66. The lowest BCUT2D eigenvalue weighted by molar-refractivity contribution is -0.143. The maximum absolute atomic E-state index is 14.6. The predicted molar refractivity (Wildman–Crippen MR) is 158 cm³/mol. The second-order valence-corrected chi connectivity index (χ2v) is 12.5. The molecular formula is C31H31FN4O6S. The Bertz CT molecular complexity index is 1800. The standard InChI is InChI=1S/C31H31FN4O6S/c1-3-43(40,41)27-7-5-4-6-23(27)29-24(31(38)39)13-15-35(29)30(37)28(20-9-11-25(32)26(17-20)42-2)36(33)22-10-8-21-18-34-14-12-19(21)16-22/h4-12,14,16-18,24,28-29H,3,13,15,33H2,1-2H3,(H,38,39)/t24?,28-,29?/m0/s1. The monoisotopic (exact) mass is 606 g/mol. The zero-order valence-electron chi connectivity index (χ0n) is 23.6. The van der Waals surface area contributed by atoms with Crippen LogP contribution in [0.25, 0.3) is 10.8 Å². The van der Waals surface area contributed by atoms with E-state index < -0.39 is 45.5 Å². The highest BCUT2D eigenvalue weighted by atomic mass is 32.2. The number of carboxylic acid groups (broad SMARTS) is 1. The number of rotatable bonds is 9. The van der Waals surface area contributed by atoms with Crippen LogP contribution < -0.4 is 15.6 Å². The number of carboxylic acids is 1. The molecule has 10 nitrogen and oxygen atoms in total. The van der Waals surface area contributed by atoms with Gasteiger partial charge < -0.3 is 14.7 Å². The number of carbonyl (C=O) groups excluding carboxylic acids is 1. The average Bonchev–Trinajstić information content (AvgIpc) is 3.47. The number of nitrogens with zero attached hydrogens (tertiary/aromatic N) is 3. The van der Waals surface area contributed by atoms with Gasteiger partial charge in [0.1, 0.15) is 6.04 Å². The molecule has 2 unspecified atom stereocenters. The summed E-state index contributed by atoms with van der Waals surface area (Å²) in [5.41, 5.74) is 0.979. The number of hydrogen-bond acceptors (Lipinski definition) is 8. The molecule has 3 N–H and O–H groups in total. The lowest BCUT2D eigenvalue weighted by Crippen LogP contribution is -2.47. The quantitative estimate of drug-likeness (QED) is 0.211. The summed E-state index contributed by atoms with van der Waals surface area (Å²) in [6, 6.07) is 14.9. The van der Waals surface area contributed by atoms with Crippen molar-refractivity contribution in [2.24, 2.45) is 11.8 Å². The lowest BCUT2D eigenvalue weighted by atomic mass is 9.93. The molecule has 5 rings (SSSR count). The molecule has 1 aliphatic rings. The van der Waals surface area contributed by atoms with Crippen LogP contribution in [0, 0.1) is 11.7 Å². The van der Waals surface area contributed by atoms with Crippen molar-refractivity contribution in [3.8, 4) is 5.75 Å². The van der Waals surface area contributed by atoms with Crippen molar-refractivity contribution in [3.63, 3.8) is 0 Å². The van der Waals surface area contributed by atoms with Gasteiger partial charge in [-0.15, -0.1) is 0 Å². The smallest absolute Gasteiger partial charge is 0.309 e. The van der Waals surface area contributed by atoms with E-state index in [9.17, 15) is 27.5 Å². The molecular weight excluding hydrogens is 575 g/mol. The molecule has 4 aromatic rings. The van der Waals surface area contributed by atoms with Crippen molar-refractivity contribution in [3.05, 3.63) is 96.1 Å². The Hall–Kier alpha value is -4.55. The fourth-order valence-corrected chi connectivity index (χ4v) is 6.80. The van der Waals surface area contributed by atoms with E-state index in [-0.39, 0.29) is 34.9 Å². The third-order valence-corrected chi connectivity index (χ3v) is 9.68. The number of methoxy groups -OCH3 is 1. The zero-order chi connectivity index (χ0) is 30.9.